The zero-order valence-electron chi connectivity index (χ0n) is 23.6. The van der Waals surface area contributed by atoms with Crippen molar-refractivity contribution < 1.29 is 38.2 Å². The van der Waals surface area contributed by atoms with Crippen LogP contribution in [0.3, 0.4) is 0 Å². The summed E-state index contributed by atoms with van der Waals surface area (Å²) in [6.07, 6.45) is 4.83. The van der Waals surface area contributed by atoms with Crippen LogP contribution in [0.2, 0.25) is 0 Å². The van der Waals surface area contributed by atoms with Crippen molar-refractivity contribution >= 4 is 36.3 Å². The van der Waals surface area contributed by atoms with E-state index in [9.17, 15) is 28.8 Å². The summed E-state index contributed by atoms with van der Waals surface area (Å²) in [6.45, 7) is 10.3. The highest BCUT2D eigenvalue weighted by Crippen LogP contribution is 2.46. The summed E-state index contributed by atoms with van der Waals surface area (Å²) in [5.74, 6) is -3.42. The summed E-state index contributed by atoms with van der Waals surface area (Å²) in [4.78, 5) is 72.1. The zero-order chi connectivity index (χ0) is 28.8. The van der Waals surface area contributed by atoms with Crippen LogP contribution in [0.4, 0.5) is 0 Å². The van der Waals surface area contributed by atoms with Gasteiger partial charge >= 0.3 is 11.9 Å². The van der Waals surface area contributed by atoms with E-state index < -0.39 is 29.7 Å². The average Bonchev–Trinajstić information content (AvgIpc) is 2.82. The maximum absolute atomic E-state index is 13.1. The van der Waals surface area contributed by atoms with Crippen LogP contribution < -0.4 is 10.6 Å². The Labute approximate surface area is 226 Å². The molecular weight excluding hydrogens is 492 g/mol. The smallest absolute Gasteiger partial charge is 0.318 e. The molecule has 1 aliphatic carbocycles. The highest BCUT2D eigenvalue weighted by atomic mass is 16.5. The highest BCUT2D eigenvalue weighted by Gasteiger charge is 2.43. The molecule has 4 unspecified atom stereocenters. The molecule has 38 heavy (non-hydrogen) atoms. The van der Waals surface area contributed by atoms with Gasteiger partial charge in [-0.1, -0.05) is 20.8 Å². The Morgan fingerprint density at radius 3 is 2.18 bits per heavy atom. The Morgan fingerprint density at radius 1 is 0.921 bits per heavy atom. The van der Waals surface area contributed by atoms with E-state index in [1.807, 2.05) is 6.92 Å². The number of carbonyl (C=O) groups is 6. The highest BCUT2D eigenvalue weighted by molar-refractivity contribution is 5.97. The minimum absolute atomic E-state index is 0.0895. The van der Waals surface area contributed by atoms with Gasteiger partial charge in [0.15, 0.2) is 0 Å². The predicted molar refractivity (Wildman–Crippen MR) is 141 cm³/mol. The molecule has 1 rings (SSSR count). The molecule has 216 valence electrons. The fourth-order valence-electron chi connectivity index (χ4n) is 5.64. The molecule has 0 aromatic heterocycles. The van der Waals surface area contributed by atoms with Crippen LogP contribution in [0.1, 0.15) is 92.4 Å². The predicted octanol–water partition coefficient (Wildman–Crippen LogP) is 2.90. The second-order valence-electron chi connectivity index (χ2n) is 11.3. The van der Waals surface area contributed by atoms with Crippen molar-refractivity contribution in [3.63, 3.8) is 0 Å². The maximum Gasteiger partial charge on any atom is 0.318 e. The molecule has 4 atom stereocenters. The first kappa shape index (κ1) is 33.2. The van der Waals surface area contributed by atoms with Crippen LogP contribution in [0.5, 0.6) is 0 Å². The summed E-state index contributed by atoms with van der Waals surface area (Å²) in [5.41, 5.74) is -0.500. The van der Waals surface area contributed by atoms with Gasteiger partial charge in [-0.25, -0.2) is 0 Å². The van der Waals surface area contributed by atoms with Gasteiger partial charge in [0.25, 0.3) is 0 Å². The van der Waals surface area contributed by atoms with Gasteiger partial charge in [0, 0.05) is 31.3 Å². The first-order chi connectivity index (χ1) is 17.9. The lowest BCUT2D eigenvalue weighted by molar-refractivity contribution is -0.153. The van der Waals surface area contributed by atoms with Gasteiger partial charge in [0.2, 0.25) is 11.8 Å². The summed E-state index contributed by atoms with van der Waals surface area (Å²) < 4.78 is 10.1. The van der Waals surface area contributed by atoms with Gasteiger partial charge < -0.3 is 29.7 Å². The van der Waals surface area contributed by atoms with E-state index >= 15 is 0 Å². The second kappa shape index (κ2) is 16.2. The van der Waals surface area contributed by atoms with Crippen LogP contribution in [-0.4, -0.2) is 62.1 Å². The lowest BCUT2D eigenvalue weighted by atomic mass is 9.62. The molecule has 1 aliphatic rings. The molecule has 0 aliphatic heterocycles. The molecule has 0 spiro atoms. The fourth-order valence-corrected chi connectivity index (χ4v) is 5.64. The van der Waals surface area contributed by atoms with Crippen molar-refractivity contribution in [1.29, 1.82) is 0 Å². The number of esters is 2. The summed E-state index contributed by atoms with van der Waals surface area (Å²) in [7, 11) is 0. The molecule has 2 amide bonds. The van der Waals surface area contributed by atoms with Crippen molar-refractivity contribution in [3.05, 3.63) is 0 Å². The first-order valence-corrected chi connectivity index (χ1v) is 13.7. The summed E-state index contributed by atoms with van der Waals surface area (Å²) in [6, 6.07) is -0.221. The van der Waals surface area contributed by atoms with E-state index in [0.717, 1.165) is 19.0 Å². The third-order valence-corrected chi connectivity index (χ3v) is 6.90. The number of carbonyl (C=O) groups excluding carboxylic acids is 6. The van der Waals surface area contributed by atoms with E-state index in [0.29, 0.717) is 25.8 Å². The third-order valence-electron chi connectivity index (χ3n) is 6.90. The number of nitrogens with one attached hydrogen (secondary N) is 2. The van der Waals surface area contributed by atoms with Crippen molar-refractivity contribution in [2.45, 2.75) is 98.4 Å². The normalized spacial score (nSPS) is 21.9. The Balaban J connectivity index is 2.91. The monoisotopic (exact) mass is 538 g/mol. The quantitative estimate of drug-likeness (QED) is 0.124. The van der Waals surface area contributed by atoms with Crippen LogP contribution >= 0.6 is 0 Å². The van der Waals surface area contributed by atoms with Gasteiger partial charge in [-0.3, -0.25) is 19.2 Å². The SMILES string of the molecule is CCOC(=O)CC(CCC=O)C(=O)NCC1(C)CC(NC(=O)C(CCCC=O)C(=O)OCC)CC(C)(C)C1. The van der Waals surface area contributed by atoms with Crippen molar-refractivity contribution in [2.75, 3.05) is 19.8 Å². The Hall–Kier alpha value is -2.78. The standard InChI is InChI=1S/C28H46N2O8/c1-6-37-23(33)15-20(11-10-14-32)24(34)29-19-28(5)17-21(16-27(3,4)18-28)30-25(35)22(12-8-9-13-31)26(36)38-7-2/h13-14,20-22H,6-12,15-19H2,1-5H3,(H,29,34)(H,30,35). The van der Waals surface area contributed by atoms with Crippen LogP contribution in [0.25, 0.3) is 0 Å². The summed E-state index contributed by atoms with van der Waals surface area (Å²) in [5, 5.41) is 6.00. The Morgan fingerprint density at radius 2 is 1.58 bits per heavy atom. The average molecular weight is 539 g/mol. The summed E-state index contributed by atoms with van der Waals surface area (Å²) >= 11 is 0. The molecule has 1 fully saturated rings. The van der Waals surface area contributed by atoms with Gasteiger partial charge in [-0.15, -0.1) is 0 Å². The van der Waals surface area contributed by atoms with E-state index in [4.69, 9.17) is 9.47 Å². The molecule has 0 aromatic carbocycles. The first-order valence-electron chi connectivity index (χ1n) is 13.7. The largest absolute Gasteiger partial charge is 0.466 e. The Bertz CT molecular complexity index is 828. The molecule has 0 bridgehead atoms. The van der Waals surface area contributed by atoms with E-state index in [1.165, 1.54) is 0 Å². The number of hydrogen-bond donors (Lipinski definition) is 2. The topological polar surface area (TPSA) is 145 Å². The molecule has 0 saturated heterocycles. The van der Waals surface area contributed by atoms with Gasteiger partial charge in [-0.05, 0) is 63.2 Å². The van der Waals surface area contributed by atoms with Crippen molar-refractivity contribution in [2.24, 2.45) is 22.7 Å². The molecule has 1 saturated carbocycles. The van der Waals surface area contributed by atoms with Gasteiger partial charge in [0.1, 0.15) is 18.5 Å². The van der Waals surface area contributed by atoms with Crippen LogP contribution in [-0.2, 0) is 38.2 Å². The molecule has 2 N–H and O–H groups in total. The molecule has 10 heteroatoms. The van der Waals surface area contributed by atoms with Gasteiger partial charge in [-0.2, -0.15) is 0 Å². The van der Waals surface area contributed by atoms with Crippen LogP contribution in [0, 0.1) is 22.7 Å². The van der Waals surface area contributed by atoms with E-state index in [-0.39, 0.29) is 68.1 Å². The van der Waals surface area contributed by atoms with E-state index in [2.05, 4.69) is 24.5 Å². The fraction of sp³-hybridized carbons (Fsp3) is 0.786. The molecular formula is C28H46N2O8. The number of aldehydes is 2. The number of unbranched alkanes of at least 4 members (excludes halogenated alkanes) is 1. The minimum Gasteiger partial charge on any atom is -0.466 e. The zero-order valence-corrected chi connectivity index (χ0v) is 23.6. The lowest BCUT2D eigenvalue weighted by Crippen LogP contribution is -2.52. The van der Waals surface area contributed by atoms with Crippen molar-refractivity contribution in [1.82, 2.24) is 10.6 Å². The maximum atomic E-state index is 13.1. The number of rotatable bonds is 17. The van der Waals surface area contributed by atoms with Crippen LogP contribution in [0.15, 0.2) is 0 Å². The molecule has 0 radical (unpaired) electrons. The van der Waals surface area contributed by atoms with Crippen molar-refractivity contribution in [3.8, 4) is 0 Å². The molecule has 0 aromatic rings. The molecule has 10 nitrogen and oxygen atoms in total. The number of hydrogen-bond acceptors (Lipinski definition) is 8. The third kappa shape index (κ3) is 11.7. The van der Waals surface area contributed by atoms with E-state index in [1.54, 1.807) is 13.8 Å². The second-order valence-corrected chi connectivity index (χ2v) is 11.3. The molecule has 0 heterocycles. The number of ether oxygens (including phenoxy) is 2. The lowest BCUT2D eigenvalue weighted by Gasteiger charge is -2.47. The van der Waals surface area contributed by atoms with Gasteiger partial charge in [0.05, 0.1) is 19.6 Å². The number of amides is 2. The Kier molecular flexibility index (Phi) is 14.2. The minimum atomic E-state index is -0.979.